The molecule has 0 aromatic heterocycles. The molecule has 1 amide bonds. The number of oxime groups is 1. The molecule has 3 aromatic rings. The molecule has 7 N–H and O–H groups in total. The van der Waals surface area contributed by atoms with E-state index in [1.54, 1.807) is 75.4 Å². The van der Waals surface area contributed by atoms with Crippen LogP contribution in [0.4, 0.5) is 16.2 Å². The first-order chi connectivity index (χ1) is 18.3. The molecule has 3 aromatic carbocycles. The van der Waals surface area contributed by atoms with Gasteiger partial charge in [0.2, 0.25) is 10.0 Å². The molecular formula is C28H37N5O5S. The van der Waals surface area contributed by atoms with Gasteiger partial charge in [0.1, 0.15) is 0 Å². The van der Waals surface area contributed by atoms with Crippen molar-refractivity contribution < 1.29 is 23.5 Å². The maximum atomic E-state index is 12.7. The third kappa shape index (κ3) is 9.95. The second-order valence-corrected chi connectivity index (χ2v) is 11.5. The number of nitrogens with zero attached hydrogens (tertiary/aromatic N) is 1. The molecule has 210 valence electrons. The fourth-order valence-electron chi connectivity index (χ4n) is 3.47. The zero-order chi connectivity index (χ0) is 29.2. The summed E-state index contributed by atoms with van der Waals surface area (Å²) in [6.45, 7) is 9.56. The summed E-state index contributed by atoms with van der Waals surface area (Å²) in [5.41, 5.74) is 8.25. The maximum absolute atomic E-state index is 12.7. The van der Waals surface area contributed by atoms with Gasteiger partial charge in [0, 0.05) is 34.1 Å². The standard InChI is InChI=1S/C17H20N2O4S.C11H17N3O/c1-17(2,3)19-24(22,23)15-7-5-4-6-14(15)12-8-10-13(11-9-12)18-16(20)21;1-3-8(2)13-10-6-4-5-9(7-10)11(12)14-15/h4-11,18-19H,1-3H3,(H,20,21);4-8,13,15H,3H2,1-2H3,(H2,12,14)/t;8-/m.0/s1. The number of hydrogen-bond acceptors (Lipinski definition) is 6. The van der Waals surface area contributed by atoms with Gasteiger partial charge >= 0.3 is 6.09 Å². The van der Waals surface area contributed by atoms with E-state index in [9.17, 15) is 13.2 Å². The van der Waals surface area contributed by atoms with E-state index < -0.39 is 21.7 Å². The molecule has 0 heterocycles. The minimum Gasteiger partial charge on any atom is -0.465 e. The number of carbonyl (C=O) groups is 1. The van der Waals surface area contributed by atoms with Crippen molar-refractivity contribution in [3.63, 3.8) is 0 Å². The monoisotopic (exact) mass is 555 g/mol. The van der Waals surface area contributed by atoms with Crippen molar-refractivity contribution in [2.45, 2.75) is 57.5 Å². The number of sulfonamides is 1. The van der Waals surface area contributed by atoms with Gasteiger partial charge in [-0.3, -0.25) is 5.32 Å². The Balaban J connectivity index is 0.000000306. The number of benzene rings is 3. The largest absolute Gasteiger partial charge is 0.465 e. The summed E-state index contributed by atoms with van der Waals surface area (Å²) in [7, 11) is -3.69. The quantitative estimate of drug-likeness (QED) is 0.0922. The highest BCUT2D eigenvalue weighted by Crippen LogP contribution is 2.29. The Morgan fingerprint density at radius 2 is 1.64 bits per heavy atom. The molecule has 11 heteroatoms. The van der Waals surface area contributed by atoms with Crippen molar-refractivity contribution in [2.75, 3.05) is 10.6 Å². The van der Waals surface area contributed by atoms with Gasteiger partial charge in [-0.25, -0.2) is 17.9 Å². The first-order valence-electron chi connectivity index (χ1n) is 12.3. The molecule has 0 spiro atoms. The van der Waals surface area contributed by atoms with Gasteiger partial charge in [-0.2, -0.15) is 0 Å². The third-order valence-electron chi connectivity index (χ3n) is 5.36. The van der Waals surface area contributed by atoms with Gasteiger partial charge in [-0.1, -0.05) is 54.5 Å². The van der Waals surface area contributed by atoms with E-state index in [-0.39, 0.29) is 10.7 Å². The van der Waals surface area contributed by atoms with Crippen LogP contribution in [0.2, 0.25) is 0 Å². The lowest BCUT2D eigenvalue weighted by Gasteiger charge is -2.21. The zero-order valence-corrected chi connectivity index (χ0v) is 23.6. The molecular weight excluding hydrogens is 518 g/mol. The molecule has 1 atom stereocenters. The molecule has 0 unspecified atom stereocenters. The van der Waals surface area contributed by atoms with Crippen molar-refractivity contribution in [3.8, 4) is 11.1 Å². The van der Waals surface area contributed by atoms with Crippen LogP contribution in [0.3, 0.4) is 0 Å². The lowest BCUT2D eigenvalue weighted by Crippen LogP contribution is -2.40. The predicted molar refractivity (Wildman–Crippen MR) is 156 cm³/mol. The topological polar surface area (TPSA) is 166 Å². The van der Waals surface area contributed by atoms with E-state index in [0.717, 1.165) is 12.1 Å². The number of carboxylic acid groups (broad SMARTS) is 1. The molecule has 10 nitrogen and oxygen atoms in total. The van der Waals surface area contributed by atoms with Gasteiger partial charge in [0.25, 0.3) is 0 Å². The minimum atomic E-state index is -3.69. The average Bonchev–Trinajstić information content (AvgIpc) is 2.87. The summed E-state index contributed by atoms with van der Waals surface area (Å²) >= 11 is 0. The normalized spacial score (nSPS) is 12.6. The number of amides is 1. The van der Waals surface area contributed by atoms with Crippen LogP contribution in [0.25, 0.3) is 11.1 Å². The number of amidine groups is 1. The van der Waals surface area contributed by atoms with Crippen LogP contribution in [0.5, 0.6) is 0 Å². The van der Waals surface area contributed by atoms with E-state index in [1.165, 1.54) is 0 Å². The lowest BCUT2D eigenvalue weighted by atomic mass is 10.1. The van der Waals surface area contributed by atoms with Crippen molar-refractivity contribution in [3.05, 3.63) is 78.4 Å². The van der Waals surface area contributed by atoms with Crippen LogP contribution in [0.15, 0.2) is 82.8 Å². The van der Waals surface area contributed by atoms with Gasteiger partial charge in [-0.15, -0.1) is 0 Å². The fourth-order valence-corrected chi connectivity index (χ4v) is 5.12. The highest BCUT2D eigenvalue weighted by atomic mass is 32.2. The smallest absolute Gasteiger partial charge is 0.409 e. The highest BCUT2D eigenvalue weighted by molar-refractivity contribution is 7.89. The van der Waals surface area contributed by atoms with E-state index in [0.29, 0.717) is 28.4 Å². The van der Waals surface area contributed by atoms with Crippen LogP contribution in [0.1, 0.15) is 46.6 Å². The zero-order valence-electron chi connectivity index (χ0n) is 22.8. The number of hydrogen-bond donors (Lipinski definition) is 6. The van der Waals surface area contributed by atoms with Crippen molar-refractivity contribution >= 4 is 33.3 Å². The summed E-state index contributed by atoms with van der Waals surface area (Å²) in [6, 6.07) is 21.1. The summed E-state index contributed by atoms with van der Waals surface area (Å²) in [5, 5.41) is 25.8. The van der Waals surface area contributed by atoms with Crippen molar-refractivity contribution in [1.82, 2.24) is 4.72 Å². The number of nitrogens with two attached hydrogens (primary N) is 1. The van der Waals surface area contributed by atoms with Gasteiger partial charge in [0.15, 0.2) is 5.84 Å². The van der Waals surface area contributed by atoms with Gasteiger partial charge < -0.3 is 21.4 Å². The molecule has 0 radical (unpaired) electrons. The predicted octanol–water partition coefficient (Wildman–Crippen LogP) is 5.51. The Labute approximate surface area is 230 Å². The Hall–Kier alpha value is -4.09. The Morgan fingerprint density at radius 3 is 2.21 bits per heavy atom. The Kier molecular flexibility index (Phi) is 10.9. The molecule has 3 rings (SSSR count). The molecule has 0 saturated heterocycles. The fraction of sp³-hybridized carbons (Fsp3) is 0.286. The summed E-state index contributed by atoms with van der Waals surface area (Å²) in [6.07, 6.45) is -0.103. The van der Waals surface area contributed by atoms with Crippen molar-refractivity contribution in [2.24, 2.45) is 10.9 Å². The Bertz CT molecular complexity index is 1380. The number of nitrogens with one attached hydrogen (secondary N) is 3. The average molecular weight is 556 g/mol. The van der Waals surface area contributed by atoms with Crippen LogP contribution in [-0.2, 0) is 10.0 Å². The first-order valence-corrected chi connectivity index (χ1v) is 13.8. The maximum Gasteiger partial charge on any atom is 0.409 e. The Morgan fingerprint density at radius 1 is 1.00 bits per heavy atom. The molecule has 0 aliphatic heterocycles. The second kappa shape index (κ2) is 13.6. The summed E-state index contributed by atoms with van der Waals surface area (Å²) < 4.78 is 27.9. The van der Waals surface area contributed by atoms with Crippen LogP contribution >= 0.6 is 0 Å². The van der Waals surface area contributed by atoms with Crippen LogP contribution in [-0.4, -0.2) is 42.2 Å². The van der Waals surface area contributed by atoms with E-state index >= 15 is 0 Å². The second-order valence-electron chi connectivity index (χ2n) is 9.88. The van der Waals surface area contributed by atoms with E-state index in [2.05, 4.69) is 34.4 Å². The SMILES string of the molecule is CC(C)(C)NS(=O)(=O)c1ccccc1-c1ccc(NC(=O)O)cc1.CC[C@H](C)Nc1cccc(C(N)=NO)c1. The molecule has 39 heavy (non-hydrogen) atoms. The van der Waals surface area contributed by atoms with E-state index in [4.69, 9.17) is 16.0 Å². The molecule has 0 saturated carbocycles. The van der Waals surface area contributed by atoms with Crippen LogP contribution in [0, 0.1) is 0 Å². The summed E-state index contributed by atoms with van der Waals surface area (Å²) in [4.78, 5) is 10.8. The number of rotatable bonds is 8. The molecule has 0 bridgehead atoms. The minimum absolute atomic E-state index is 0.128. The highest BCUT2D eigenvalue weighted by Gasteiger charge is 2.24. The molecule has 0 fully saturated rings. The third-order valence-corrected chi connectivity index (χ3v) is 7.17. The van der Waals surface area contributed by atoms with Gasteiger partial charge in [0.05, 0.1) is 4.90 Å². The van der Waals surface area contributed by atoms with Gasteiger partial charge in [-0.05, 0) is 70.0 Å². The molecule has 0 aliphatic rings. The van der Waals surface area contributed by atoms with E-state index in [1.807, 2.05) is 18.2 Å². The first kappa shape index (κ1) is 31.1. The summed E-state index contributed by atoms with van der Waals surface area (Å²) in [5.74, 6) is 0.128. The van der Waals surface area contributed by atoms with Crippen LogP contribution < -0.4 is 21.1 Å². The number of anilines is 2. The molecule has 0 aliphatic carbocycles. The lowest BCUT2D eigenvalue weighted by molar-refractivity contribution is 0.209. The van der Waals surface area contributed by atoms with Crippen molar-refractivity contribution in [1.29, 1.82) is 0 Å².